The normalized spacial score (nSPS) is 14.3. The standard InChI is InChI=1S/C22H21Cl2FN4O3S2/c1-2-32-19(30)10-28-3-5-29(6-4-28)20-15(24)7-13(8-16(20)25)21(31)27-22-26-17(12-34-22)18-9-14(23)11-33-18/h7-9,11-12H,2-6,10H2,1H3,(H,26,27,31). The van der Waals surface area contributed by atoms with Gasteiger partial charge in [0.25, 0.3) is 5.91 Å². The van der Waals surface area contributed by atoms with Gasteiger partial charge in [-0.05, 0) is 25.1 Å². The zero-order valence-corrected chi connectivity index (χ0v) is 21.3. The van der Waals surface area contributed by atoms with Crippen molar-refractivity contribution in [3.8, 4) is 10.6 Å². The minimum absolute atomic E-state index is 0.100. The average molecular weight is 543 g/mol. The molecule has 0 bridgehead atoms. The lowest BCUT2D eigenvalue weighted by Gasteiger charge is -2.36. The van der Waals surface area contributed by atoms with Crippen molar-refractivity contribution in [1.29, 1.82) is 0 Å². The molecule has 1 fully saturated rings. The maximum absolute atomic E-state index is 15.0. The number of esters is 1. The molecule has 0 saturated carbocycles. The average Bonchev–Trinajstić information content (AvgIpc) is 3.43. The Labute approximate surface area is 214 Å². The Morgan fingerprint density at radius 1 is 1.15 bits per heavy atom. The fraction of sp³-hybridized carbons (Fsp3) is 0.318. The topological polar surface area (TPSA) is 74.8 Å². The highest BCUT2D eigenvalue weighted by molar-refractivity contribution is 7.16. The van der Waals surface area contributed by atoms with E-state index in [2.05, 4.69) is 10.3 Å². The highest BCUT2D eigenvalue weighted by Gasteiger charge is 2.25. The van der Waals surface area contributed by atoms with Crippen LogP contribution in [0.4, 0.5) is 15.2 Å². The number of thiophene rings is 1. The lowest BCUT2D eigenvalue weighted by atomic mass is 10.1. The molecule has 1 aromatic carbocycles. The van der Waals surface area contributed by atoms with Gasteiger partial charge in [0.2, 0.25) is 0 Å². The predicted molar refractivity (Wildman–Crippen MR) is 135 cm³/mol. The van der Waals surface area contributed by atoms with Crippen LogP contribution in [0.1, 0.15) is 17.3 Å². The van der Waals surface area contributed by atoms with Gasteiger partial charge in [-0.15, -0.1) is 22.7 Å². The fourth-order valence-electron chi connectivity index (χ4n) is 3.58. The zero-order valence-electron chi connectivity index (χ0n) is 18.1. The summed E-state index contributed by atoms with van der Waals surface area (Å²) in [4.78, 5) is 33.4. The summed E-state index contributed by atoms with van der Waals surface area (Å²) in [5, 5.41) is 7.49. The molecule has 180 valence electrons. The number of amides is 1. The summed E-state index contributed by atoms with van der Waals surface area (Å²) in [6.07, 6.45) is 0. The van der Waals surface area contributed by atoms with Gasteiger partial charge in [0.1, 0.15) is 5.82 Å². The number of carbonyl (C=O) groups is 2. The van der Waals surface area contributed by atoms with Crippen molar-refractivity contribution in [2.45, 2.75) is 6.92 Å². The quantitative estimate of drug-likeness (QED) is 0.410. The molecule has 1 aliphatic rings. The summed E-state index contributed by atoms with van der Waals surface area (Å²) in [5.74, 6) is -1.36. The molecule has 0 unspecified atom stereocenters. The van der Waals surface area contributed by atoms with Crippen LogP contribution in [0, 0.1) is 5.82 Å². The molecular weight excluding hydrogens is 522 g/mol. The zero-order chi connectivity index (χ0) is 24.2. The molecule has 1 saturated heterocycles. The van der Waals surface area contributed by atoms with Crippen molar-refractivity contribution in [2.75, 3.05) is 49.5 Å². The second-order valence-electron chi connectivity index (χ2n) is 7.48. The van der Waals surface area contributed by atoms with Crippen molar-refractivity contribution in [3.05, 3.63) is 50.4 Å². The highest BCUT2D eigenvalue weighted by Crippen LogP contribution is 2.33. The van der Waals surface area contributed by atoms with Gasteiger partial charge in [-0.2, -0.15) is 0 Å². The van der Waals surface area contributed by atoms with E-state index in [0.29, 0.717) is 48.6 Å². The maximum Gasteiger partial charge on any atom is 0.320 e. The number of ether oxygens (including phenoxy) is 1. The Hall–Kier alpha value is -2.24. The molecule has 7 nitrogen and oxygen atoms in total. The highest BCUT2D eigenvalue weighted by atomic mass is 35.5. The Morgan fingerprint density at radius 2 is 1.91 bits per heavy atom. The lowest BCUT2D eigenvalue weighted by molar-refractivity contribution is -0.144. The predicted octanol–water partition coefficient (Wildman–Crippen LogP) is 5.25. The van der Waals surface area contributed by atoms with Crippen LogP contribution in [0.15, 0.2) is 29.0 Å². The molecule has 2 aromatic heterocycles. The lowest BCUT2D eigenvalue weighted by Crippen LogP contribution is -2.48. The van der Waals surface area contributed by atoms with E-state index in [4.69, 9.17) is 27.9 Å². The molecule has 0 aliphatic carbocycles. The van der Waals surface area contributed by atoms with Crippen molar-refractivity contribution in [2.24, 2.45) is 0 Å². The van der Waals surface area contributed by atoms with Gasteiger partial charge in [0.15, 0.2) is 5.13 Å². The van der Waals surface area contributed by atoms with Crippen molar-refractivity contribution in [1.82, 2.24) is 9.88 Å². The van der Waals surface area contributed by atoms with Gasteiger partial charge in [-0.3, -0.25) is 19.8 Å². The van der Waals surface area contributed by atoms with Crippen LogP contribution in [0.5, 0.6) is 0 Å². The number of nitrogens with zero attached hydrogens (tertiary/aromatic N) is 3. The third kappa shape index (κ3) is 5.87. The van der Waals surface area contributed by atoms with E-state index in [9.17, 15) is 9.59 Å². The van der Waals surface area contributed by atoms with Crippen LogP contribution in [0.25, 0.3) is 10.6 Å². The molecule has 3 aromatic rings. The van der Waals surface area contributed by atoms with E-state index < -0.39 is 11.7 Å². The second-order valence-corrected chi connectivity index (χ2v) is 10.1. The molecule has 34 heavy (non-hydrogen) atoms. The second kappa shape index (κ2) is 11.0. The number of halogens is 3. The fourth-order valence-corrected chi connectivity index (χ4v) is 5.72. The third-order valence-electron chi connectivity index (χ3n) is 5.17. The monoisotopic (exact) mass is 542 g/mol. The number of piperazine rings is 1. The molecule has 4 rings (SSSR count). The summed E-state index contributed by atoms with van der Waals surface area (Å²) < 4.78 is 20.0. The van der Waals surface area contributed by atoms with Gasteiger partial charge in [-0.25, -0.2) is 9.37 Å². The van der Waals surface area contributed by atoms with E-state index in [0.717, 1.165) is 4.88 Å². The smallest absolute Gasteiger partial charge is 0.320 e. The van der Waals surface area contributed by atoms with Gasteiger partial charge in [0.05, 0.1) is 39.5 Å². The minimum Gasteiger partial charge on any atom is -0.465 e. The first-order valence-corrected chi connectivity index (χ1v) is 13.0. The Morgan fingerprint density at radius 3 is 2.56 bits per heavy atom. The first-order chi connectivity index (χ1) is 16.3. The number of benzene rings is 1. The third-order valence-corrected chi connectivity index (χ3v) is 7.52. The Kier molecular flexibility index (Phi) is 8.05. The van der Waals surface area contributed by atoms with E-state index in [1.807, 2.05) is 15.2 Å². The van der Waals surface area contributed by atoms with Gasteiger partial charge >= 0.3 is 5.97 Å². The number of hydrogen-bond acceptors (Lipinski definition) is 8. The molecule has 0 radical (unpaired) electrons. The molecule has 0 spiro atoms. The van der Waals surface area contributed by atoms with E-state index in [1.54, 1.807) is 18.4 Å². The Balaban J connectivity index is 1.40. The summed E-state index contributed by atoms with van der Waals surface area (Å²) in [7, 11) is 0. The van der Waals surface area contributed by atoms with Gasteiger partial charge < -0.3 is 9.64 Å². The number of carbonyl (C=O) groups excluding carboxylic acids is 2. The number of anilines is 2. The Bertz CT molecular complexity index is 1170. The van der Waals surface area contributed by atoms with E-state index in [1.165, 1.54) is 34.8 Å². The summed E-state index contributed by atoms with van der Waals surface area (Å²) in [6.45, 7) is 4.44. The maximum atomic E-state index is 15.0. The molecule has 12 heteroatoms. The van der Waals surface area contributed by atoms with Crippen molar-refractivity contribution < 1.29 is 18.7 Å². The molecular formula is C22H21Cl2FN4O3S2. The van der Waals surface area contributed by atoms with Gasteiger partial charge in [-0.1, -0.05) is 23.2 Å². The van der Waals surface area contributed by atoms with Crippen LogP contribution < -0.4 is 10.2 Å². The number of thiazole rings is 1. The first kappa shape index (κ1) is 24.9. The SMILES string of the molecule is CCOC(=O)CN1CCN(c2c(F)cc(C(=O)Nc3nc(-c4cc(Cl)cs4)cs3)cc2Cl)CC1. The first-order valence-electron chi connectivity index (χ1n) is 10.5. The van der Waals surface area contributed by atoms with Crippen molar-refractivity contribution >= 4 is 68.6 Å². The molecule has 1 amide bonds. The minimum atomic E-state index is -0.579. The van der Waals surface area contributed by atoms with Gasteiger partial charge in [0, 0.05) is 42.5 Å². The molecule has 1 N–H and O–H groups in total. The number of aromatic nitrogens is 1. The summed E-state index contributed by atoms with van der Waals surface area (Å²) >= 11 is 15.1. The van der Waals surface area contributed by atoms with Crippen LogP contribution in [-0.2, 0) is 9.53 Å². The number of hydrogen-bond donors (Lipinski definition) is 1. The van der Waals surface area contributed by atoms with Crippen LogP contribution >= 0.6 is 45.9 Å². The number of nitrogens with one attached hydrogen (secondary N) is 1. The largest absolute Gasteiger partial charge is 0.465 e. The molecule has 0 atom stereocenters. The van der Waals surface area contributed by atoms with E-state index >= 15 is 4.39 Å². The molecule has 3 heterocycles. The van der Waals surface area contributed by atoms with E-state index in [-0.39, 0.29) is 28.8 Å². The van der Waals surface area contributed by atoms with Crippen LogP contribution in [-0.4, -0.2) is 61.1 Å². The van der Waals surface area contributed by atoms with Crippen LogP contribution in [0.2, 0.25) is 10.0 Å². The van der Waals surface area contributed by atoms with Crippen molar-refractivity contribution in [3.63, 3.8) is 0 Å². The molecule has 1 aliphatic heterocycles. The number of rotatable bonds is 7. The van der Waals surface area contributed by atoms with Crippen LogP contribution in [0.3, 0.4) is 0 Å². The summed E-state index contributed by atoms with van der Waals surface area (Å²) in [6, 6.07) is 4.43. The summed E-state index contributed by atoms with van der Waals surface area (Å²) in [5.41, 5.74) is 1.06.